The molecule has 322 valence electrons. The fourth-order valence-corrected chi connectivity index (χ4v) is 9.50. The van der Waals surface area contributed by atoms with Crippen LogP contribution in [0.2, 0.25) is 10.0 Å². The van der Waals surface area contributed by atoms with Crippen molar-refractivity contribution in [1.82, 2.24) is 20.2 Å². The second-order valence-electron chi connectivity index (χ2n) is 16.9. The number of hydrogen-bond acceptors (Lipinski definition) is 8. The Morgan fingerprint density at radius 1 is 0.905 bits per heavy atom. The van der Waals surface area contributed by atoms with Gasteiger partial charge in [0.1, 0.15) is 29.7 Å². The summed E-state index contributed by atoms with van der Waals surface area (Å²) in [5.41, 5.74) is 12.2. The molecule has 9 rings (SSSR count). The maximum atomic E-state index is 14.3. The number of carbonyl (C=O) groups is 2. The second kappa shape index (κ2) is 18.0. The molecule has 4 heterocycles. The van der Waals surface area contributed by atoms with Gasteiger partial charge in [0.25, 0.3) is 0 Å². The van der Waals surface area contributed by atoms with Crippen LogP contribution >= 0.6 is 23.2 Å². The molecule has 2 unspecified atom stereocenters. The van der Waals surface area contributed by atoms with Gasteiger partial charge in [-0.2, -0.15) is 0 Å². The van der Waals surface area contributed by atoms with E-state index in [0.717, 1.165) is 98.9 Å². The topological polar surface area (TPSA) is 117 Å². The molecule has 2 N–H and O–H groups in total. The van der Waals surface area contributed by atoms with Gasteiger partial charge in [0.05, 0.1) is 27.5 Å². The van der Waals surface area contributed by atoms with Gasteiger partial charge in [0.2, 0.25) is 5.91 Å². The standard InChI is InChI=1S/C51H49Cl2N5O5/c1-30-31(2)54-20-17-40(30)33-9-7-32(8-10-33)22-44(51(60)61)56-50(59)46-25-36-24-45-49(26-37(36)28-58(46)29-38-6-4-5-19-55-38)63-47(18-21-57(45)3)34-11-14-39(15-12-34)62-48-16-13-35-23-42(52)43(53)27-41(35)48/h4-12,14-15,17,19-20,23-24,26-27,44,46-48H,13,16,18,21-22,25,28-29H2,1-3H3,(H,56,59)(H,60,61)/t44-,46-,47?,48?/m0/s1. The fraction of sp³-hybridized carbons (Fsp3) is 0.294. The Morgan fingerprint density at radius 3 is 2.46 bits per heavy atom. The molecular weight excluding hydrogens is 833 g/mol. The van der Waals surface area contributed by atoms with E-state index in [1.807, 2.05) is 86.6 Å². The van der Waals surface area contributed by atoms with Crippen LogP contribution in [0.15, 0.2) is 109 Å². The predicted octanol–water partition coefficient (Wildman–Crippen LogP) is 9.83. The SMILES string of the molecule is Cc1nccc(-c2ccc(C[C@H](NC(=O)[C@@H]3Cc4cc5c(cc4CN3Cc3ccccn3)OC(c3ccc(OC4CCc6cc(Cl)c(Cl)cc64)cc3)CCN5C)C(=O)O)cc2)c1C. The number of aryl methyl sites for hydroxylation is 2. The number of carboxylic acids is 1. The lowest BCUT2D eigenvalue weighted by Crippen LogP contribution is -2.54. The Kier molecular flexibility index (Phi) is 12.1. The third-order valence-electron chi connectivity index (χ3n) is 12.8. The van der Waals surface area contributed by atoms with Gasteiger partial charge in [0, 0.05) is 57.6 Å². The Bertz CT molecular complexity index is 2660. The van der Waals surface area contributed by atoms with Crippen molar-refractivity contribution in [3.05, 3.63) is 170 Å². The van der Waals surface area contributed by atoms with E-state index in [1.54, 1.807) is 12.4 Å². The van der Waals surface area contributed by atoms with Crippen LogP contribution in [0.3, 0.4) is 0 Å². The summed E-state index contributed by atoms with van der Waals surface area (Å²) in [6, 6.07) is 30.1. The number of amides is 1. The Morgan fingerprint density at radius 2 is 1.70 bits per heavy atom. The Labute approximate surface area is 377 Å². The first-order valence-corrected chi connectivity index (χ1v) is 22.2. The summed E-state index contributed by atoms with van der Waals surface area (Å²) in [6.07, 6.45) is 6.34. The monoisotopic (exact) mass is 881 g/mol. The average molecular weight is 883 g/mol. The average Bonchev–Trinajstić information content (AvgIpc) is 3.57. The summed E-state index contributed by atoms with van der Waals surface area (Å²) in [4.78, 5) is 40.3. The van der Waals surface area contributed by atoms with Crippen LogP contribution in [0.25, 0.3) is 11.1 Å². The first-order chi connectivity index (χ1) is 30.5. The molecule has 0 fully saturated rings. The van der Waals surface area contributed by atoms with Crippen molar-refractivity contribution in [1.29, 1.82) is 0 Å². The van der Waals surface area contributed by atoms with Crippen LogP contribution in [-0.4, -0.2) is 57.5 Å². The molecule has 3 aliphatic rings. The molecule has 0 spiro atoms. The van der Waals surface area contributed by atoms with E-state index in [0.29, 0.717) is 29.6 Å². The molecule has 4 atom stereocenters. The number of benzene rings is 4. The number of pyridine rings is 2. The lowest BCUT2D eigenvalue weighted by molar-refractivity contribution is -0.142. The summed E-state index contributed by atoms with van der Waals surface area (Å²) in [5.74, 6) is 0.145. The van der Waals surface area contributed by atoms with Crippen LogP contribution < -0.4 is 19.7 Å². The van der Waals surface area contributed by atoms with Gasteiger partial charge < -0.3 is 24.8 Å². The van der Waals surface area contributed by atoms with E-state index >= 15 is 0 Å². The molecule has 4 aromatic carbocycles. The fourth-order valence-electron chi connectivity index (χ4n) is 9.14. The minimum absolute atomic E-state index is 0.0844. The largest absolute Gasteiger partial charge is 0.486 e. The molecule has 10 nitrogen and oxygen atoms in total. The van der Waals surface area contributed by atoms with Crippen molar-refractivity contribution in [2.45, 2.75) is 83.3 Å². The van der Waals surface area contributed by atoms with Crippen molar-refractivity contribution in [3.8, 4) is 22.6 Å². The van der Waals surface area contributed by atoms with Crippen molar-refractivity contribution < 1.29 is 24.2 Å². The highest BCUT2D eigenvalue weighted by atomic mass is 35.5. The minimum Gasteiger partial charge on any atom is -0.486 e. The number of anilines is 1. The zero-order valence-corrected chi connectivity index (χ0v) is 37.0. The minimum atomic E-state index is -1.12. The normalized spacial score (nSPS) is 18.6. The van der Waals surface area contributed by atoms with Gasteiger partial charge >= 0.3 is 5.97 Å². The van der Waals surface area contributed by atoms with Crippen molar-refractivity contribution in [3.63, 3.8) is 0 Å². The van der Waals surface area contributed by atoms with Gasteiger partial charge in [-0.3, -0.25) is 19.7 Å². The number of aliphatic carboxylic acids is 1. The number of nitrogens with zero attached hydrogens (tertiary/aromatic N) is 4. The van der Waals surface area contributed by atoms with E-state index in [1.165, 1.54) is 5.56 Å². The van der Waals surface area contributed by atoms with E-state index < -0.39 is 18.1 Å². The molecular formula is C51H49Cl2N5O5. The Balaban J connectivity index is 0.922. The molecule has 12 heteroatoms. The molecule has 6 aromatic rings. The van der Waals surface area contributed by atoms with E-state index in [4.69, 9.17) is 32.7 Å². The van der Waals surface area contributed by atoms with Crippen molar-refractivity contribution in [2.24, 2.45) is 0 Å². The molecule has 0 saturated heterocycles. The van der Waals surface area contributed by atoms with Crippen LogP contribution in [0.4, 0.5) is 5.69 Å². The highest BCUT2D eigenvalue weighted by molar-refractivity contribution is 6.42. The van der Waals surface area contributed by atoms with Gasteiger partial charge in [-0.1, -0.05) is 65.7 Å². The molecule has 2 aliphatic heterocycles. The number of nitrogens with one attached hydrogen (secondary N) is 1. The molecule has 63 heavy (non-hydrogen) atoms. The highest BCUT2D eigenvalue weighted by Gasteiger charge is 2.36. The van der Waals surface area contributed by atoms with Gasteiger partial charge in [-0.05, 0) is 138 Å². The third kappa shape index (κ3) is 9.12. The Hall–Kier alpha value is -5.94. The van der Waals surface area contributed by atoms with Gasteiger partial charge in [-0.25, -0.2) is 4.79 Å². The third-order valence-corrected chi connectivity index (χ3v) is 13.5. The molecule has 0 bridgehead atoms. The number of rotatable bonds is 11. The van der Waals surface area contributed by atoms with Crippen LogP contribution in [-0.2, 0) is 41.9 Å². The van der Waals surface area contributed by atoms with Crippen LogP contribution in [0.1, 0.15) is 75.4 Å². The first kappa shape index (κ1) is 42.4. The molecule has 2 aromatic heterocycles. The highest BCUT2D eigenvalue weighted by Crippen LogP contribution is 2.42. The maximum absolute atomic E-state index is 14.3. The summed E-state index contributed by atoms with van der Waals surface area (Å²) in [7, 11) is 2.07. The quantitative estimate of drug-likeness (QED) is 0.131. The first-order valence-electron chi connectivity index (χ1n) is 21.4. The zero-order chi connectivity index (χ0) is 43.8. The van der Waals surface area contributed by atoms with Crippen LogP contribution in [0, 0.1) is 13.8 Å². The molecule has 0 saturated carbocycles. The lowest BCUT2D eigenvalue weighted by Gasteiger charge is -2.37. The maximum Gasteiger partial charge on any atom is 0.326 e. The number of aromatic nitrogens is 2. The summed E-state index contributed by atoms with van der Waals surface area (Å²) >= 11 is 12.6. The van der Waals surface area contributed by atoms with E-state index in [-0.39, 0.29) is 24.5 Å². The van der Waals surface area contributed by atoms with Crippen molar-refractivity contribution >= 4 is 40.8 Å². The number of halogens is 2. The zero-order valence-electron chi connectivity index (χ0n) is 35.5. The molecule has 1 aliphatic carbocycles. The van der Waals surface area contributed by atoms with Gasteiger partial charge in [0.15, 0.2) is 0 Å². The predicted molar refractivity (Wildman–Crippen MR) is 246 cm³/mol. The molecule has 0 radical (unpaired) electrons. The second-order valence-corrected chi connectivity index (χ2v) is 17.7. The number of fused-ring (bicyclic) bond motifs is 3. The van der Waals surface area contributed by atoms with Gasteiger partial charge in [-0.15, -0.1) is 0 Å². The van der Waals surface area contributed by atoms with E-state index in [2.05, 4.69) is 56.4 Å². The summed E-state index contributed by atoms with van der Waals surface area (Å²) < 4.78 is 13.3. The number of carbonyl (C=O) groups excluding carboxylic acids is 1. The summed E-state index contributed by atoms with van der Waals surface area (Å²) in [5, 5.41) is 14.4. The number of carboxylic acid groups (broad SMARTS) is 1. The lowest BCUT2D eigenvalue weighted by atomic mass is 9.91. The molecule has 1 amide bonds. The van der Waals surface area contributed by atoms with Crippen molar-refractivity contribution in [2.75, 3.05) is 18.5 Å². The van der Waals surface area contributed by atoms with Crippen LogP contribution in [0.5, 0.6) is 11.5 Å². The number of ether oxygens (including phenoxy) is 2. The number of hydrogen-bond donors (Lipinski definition) is 2. The summed E-state index contributed by atoms with van der Waals surface area (Å²) in [6.45, 7) is 5.65. The smallest absolute Gasteiger partial charge is 0.326 e. The van der Waals surface area contributed by atoms with E-state index in [9.17, 15) is 14.7 Å².